The Morgan fingerprint density at radius 1 is 1.57 bits per heavy atom. The SMILES string of the molecule is CCC(C)CSc1ccc(C=O)cn1. The number of rotatable bonds is 5. The zero-order valence-corrected chi connectivity index (χ0v) is 9.38. The van der Waals surface area contributed by atoms with E-state index >= 15 is 0 Å². The second-order valence-electron chi connectivity index (χ2n) is 3.37. The molecule has 1 unspecified atom stereocenters. The Morgan fingerprint density at radius 2 is 2.36 bits per heavy atom. The minimum absolute atomic E-state index is 0.637. The Bertz CT molecular complexity index is 284. The van der Waals surface area contributed by atoms with Crippen molar-refractivity contribution in [2.24, 2.45) is 5.92 Å². The Labute approximate surface area is 89.1 Å². The van der Waals surface area contributed by atoms with Gasteiger partial charge in [-0.15, -0.1) is 11.8 Å². The van der Waals surface area contributed by atoms with E-state index in [2.05, 4.69) is 18.8 Å². The average Bonchev–Trinajstić information content (AvgIpc) is 2.26. The lowest BCUT2D eigenvalue weighted by atomic mass is 10.2. The van der Waals surface area contributed by atoms with Gasteiger partial charge in [0.2, 0.25) is 0 Å². The molecule has 0 spiro atoms. The van der Waals surface area contributed by atoms with Gasteiger partial charge in [0.1, 0.15) is 0 Å². The van der Waals surface area contributed by atoms with Gasteiger partial charge in [0.25, 0.3) is 0 Å². The zero-order chi connectivity index (χ0) is 10.4. The molecule has 1 atom stereocenters. The summed E-state index contributed by atoms with van der Waals surface area (Å²) in [4.78, 5) is 14.6. The fourth-order valence-corrected chi connectivity index (χ4v) is 1.87. The second kappa shape index (κ2) is 5.81. The van der Waals surface area contributed by atoms with Gasteiger partial charge in [0, 0.05) is 17.5 Å². The lowest BCUT2D eigenvalue weighted by molar-refractivity contribution is 0.112. The number of pyridine rings is 1. The zero-order valence-electron chi connectivity index (χ0n) is 8.56. The Kier molecular flexibility index (Phi) is 4.66. The van der Waals surface area contributed by atoms with Crippen molar-refractivity contribution in [1.29, 1.82) is 0 Å². The summed E-state index contributed by atoms with van der Waals surface area (Å²) >= 11 is 1.75. The molecule has 3 heteroatoms. The Morgan fingerprint density at radius 3 is 2.86 bits per heavy atom. The van der Waals surface area contributed by atoms with Crippen molar-refractivity contribution in [3.8, 4) is 0 Å². The third-order valence-corrected chi connectivity index (χ3v) is 3.38. The molecule has 14 heavy (non-hydrogen) atoms. The molecule has 1 rings (SSSR count). The second-order valence-corrected chi connectivity index (χ2v) is 4.41. The smallest absolute Gasteiger partial charge is 0.151 e. The van der Waals surface area contributed by atoms with E-state index in [1.165, 1.54) is 6.42 Å². The highest BCUT2D eigenvalue weighted by Gasteiger charge is 2.01. The van der Waals surface area contributed by atoms with Gasteiger partial charge in [-0.25, -0.2) is 4.98 Å². The van der Waals surface area contributed by atoms with E-state index in [0.29, 0.717) is 11.5 Å². The summed E-state index contributed by atoms with van der Waals surface area (Å²) in [6.07, 6.45) is 3.63. The van der Waals surface area contributed by atoms with E-state index in [0.717, 1.165) is 17.1 Å². The summed E-state index contributed by atoms with van der Waals surface area (Å²) in [5, 5.41) is 0.996. The van der Waals surface area contributed by atoms with Crippen LogP contribution < -0.4 is 0 Å². The number of nitrogens with zero attached hydrogens (tertiary/aromatic N) is 1. The molecule has 0 N–H and O–H groups in total. The van der Waals surface area contributed by atoms with Crippen LogP contribution in [-0.4, -0.2) is 17.0 Å². The molecule has 76 valence electrons. The summed E-state index contributed by atoms with van der Waals surface area (Å²) < 4.78 is 0. The first kappa shape index (κ1) is 11.2. The van der Waals surface area contributed by atoms with Crippen LogP contribution in [0.4, 0.5) is 0 Å². The molecule has 1 aromatic rings. The predicted molar refractivity (Wildman–Crippen MR) is 59.8 cm³/mol. The van der Waals surface area contributed by atoms with Crippen molar-refractivity contribution >= 4 is 18.0 Å². The number of hydrogen-bond donors (Lipinski definition) is 0. The highest BCUT2D eigenvalue weighted by Crippen LogP contribution is 2.19. The van der Waals surface area contributed by atoms with E-state index in [9.17, 15) is 4.79 Å². The van der Waals surface area contributed by atoms with E-state index in [4.69, 9.17) is 0 Å². The first-order valence-electron chi connectivity index (χ1n) is 4.80. The van der Waals surface area contributed by atoms with Crippen LogP contribution in [0.5, 0.6) is 0 Å². The molecule has 0 fully saturated rings. The molecule has 0 saturated heterocycles. The van der Waals surface area contributed by atoms with Gasteiger partial charge in [0.05, 0.1) is 5.03 Å². The third-order valence-electron chi connectivity index (χ3n) is 2.11. The summed E-state index contributed by atoms with van der Waals surface area (Å²) in [5.41, 5.74) is 0.637. The van der Waals surface area contributed by atoms with Gasteiger partial charge in [0.15, 0.2) is 6.29 Å². The number of aldehydes is 1. The van der Waals surface area contributed by atoms with Gasteiger partial charge < -0.3 is 0 Å². The van der Waals surface area contributed by atoms with Crippen LogP contribution >= 0.6 is 11.8 Å². The number of hydrogen-bond acceptors (Lipinski definition) is 3. The highest BCUT2D eigenvalue weighted by molar-refractivity contribution is 7.99. The molecule has 2 nitrogen and oxygen atoms in total. The molecule has 0 saturated carbocycles. The molecule has 0 bridgehead atoms. The normalized spacial score (nSPS) is 12.4. The van der Waals surface area contributed by atoms with E-state index in [1.807, 2.05) is 6.07 Å². The van der Waals surface area contributed by atoms with Gasteiger partial charge in [-0.1, -0.05) is 20.3 Å². The fraction of sp³-hybridized carbons (Fsp3) is 0.455. The maximum atomic E-state index is 10.4. The lowest BCUT2D eigenvalue weighted by Gasteiger charge is -2.06. The standard InChI is InChI=1S/C11H15NOS/c1-3-9(2)8-14-11-5-4-10(7-13)6-12-11/h4-7,9H,3,8H2,1-2H3. The first-order valence-corrected chi connectivity index (χ1v) is 5.78. The summed E-state index contributed by atoms with van der Waals surface area (Å²) in [6, 6.07) is 3.70. The molecule has 0 aliphatic rings. The minimum Gasteiger partial charge on any atom is -0.298 e. The van der Waals surface area contributed by atoms with Crippen molar-refractivity contribution in [1.82, 2.24) is 4.98 Å². The molecular weight excluding hydrogens is 194 g/mol. The quantitative estimate of drug-likeness (QED) is 0.551. The Balaban J connectivity index is 2.47. The van der Waals surface area contributed by atoms with E-state index in [-0.39, 0.29) is 0 Å². The molecule has 0 radical (unpaired) electrons. The van der Waals surface area contributed by atoms with Crippen LogP contribution in [0, 0.1) is 5.92 Å². The van der Waals surface area contributed by atoms with Crippen LogP contribution in [0.2, 0.25) is 0 Å². The van der Waals surface area contributed by atoms with Crippen LogP contribution in [0.15, 0.2) is 23.4 Å². The number of aromatic nitrogens is 1. The molecular formula is C11H15NOS. The fourth-order valence-electron chi connectivity index (χ4n) is 0.892. The predicted octanol–water partition coefficient (Wildman–Crippen LogP) is 3.03. The number of carbonyl (C=O) groups excluding carboxylic acids is 1. The molecule has 1 heterocycles. The molecule has 0 aliphatic heterocycles. The number of thioether (sulfide) groups is 1. The maximum absolute atomic E-state index is 10.4. The maximum Gasteiger partial charge on any atom is 0.151 e. The van der Waals surface area contributed by atoms with Crippen molar-refractivity contribution in [2.45, 2.75) is 25.3 Å². The topological polar surface area (TPSA) is 30.0 Å². The molecule has 0 amide bonds. The van der Waals surface area contributed by atoms with Crippen LogP contribution in [0.25, 0.3) is 0 Å². The number of carbonyl (C=O) groups is 1. The largest absolute Gasteiger partial charge is 0.298 e. The van der Waals surface area contributed by atoms with Gasteiger partial charge in [-0.05, 0) is 18.1 Å². The first-order chi connectivity index (χ1) is 6.76. The lowest BCUT2D eigenvalue weighted by Crippen LogP contribution is -1.95. The van der Waals surface area contributed by atoms with Crippen molar-refractivity contribution in [3.63, 3.8) is 0 Å². The van der Waals surface area contributed by atoms with E-state index < -0.39 is 0 Å². The summed E-state index contributed by atoms with van der Waals surface area (Å²) in [5.74, 6) is 1.80. The molecule has 0 aromatic carbocycles. The highest BCUT2D eigenvalue weighted by atomic mass is 32.2. The average molecular weight is 209 g/mol. The van der Waals surface area contributed by atoms with Gasteiger partial charge >= 0.3 is 0 Å². The van der Waals surface area contributed by atoms with Crippen LogP contribution in [0.1, 0.15) is 30.6 Å². The van der Waals surface area contributed by atoms with Crippen molar-refractivity contribution in [2.75, 3.05) is 5.75 Å². The minimum atomic E-state index is 0.637. The van der Waals surface area contributed by atoms with Gasteiger partial charge in [-0.3, -0.25) is 4.79 Å². The molecule has 0 aliphatic carbocycles. The third kappa shape index (κ3) is 3.50. The molecule has 1 aromatic heterocycles. The Hall–Kier alpha value is -0.830. The van der Waals surface area contributed by atoms with Crippen molar-refractivity contribution < 1.29 is 4.79 Å². The van der Waals surface area contributed by atoms with Crippen LogP contribution in [-0.2, 0) is 0 Å². The monoisotopic (exact) mass is 209 g/mol. The van der Waals surface area contributed by atoms with Crippen LogP contribution in [0.3, 0.4) is 0 Å². The summed E-state index contributed by atoms with van der Waals surface area (Å²) in [7, 11) is 0. The summed E-state index contributed by atoms with van der Waals surface area (Å²) in [6.45, 7) is 4.42. The van der Waals surface area contributed by atoms with Crippen molar-refractivity contribution in [3.05, 3.63) is 23.9 Å². The van der Waals surface area contributed by atoms with E-state index in [1.54, 1.807) is 24.0 Å². The van der Waals surface area contributed by atoms with Gasteiger partial charge in [-0.2, -0.15) is 0 Å².